The first kappa shape index (κ1) is 13.7. The molecule has 4 nitrogen and oxygen atoms in total. The Morgan fingerprint density at radius 3 is 2.95 bits per heavy atom. The van der Waals surface area contributed by atoms with Gasteiger partial charge in [-0.1, -0.05) is 29.3 Å². The van der Waals surface area contributed by atoms with Gasteiger partial charge in [0.25, 0.3) is 0 Å². The van der Waals surface area contributed by atoms with Crippen molar-refractivity contribution in [2.24, 2.45) is 5.92 Å². The number of aryl methyl sites for hydroxylation is 1. The number of nitrogens with one attached hydrogen (secondary N) is 1. The maximum absolute atomic E-state index is 9.29. The molecule has 0 aliphatic carbocycles. The lowest BCUT2D eigenvalue weighted by Gasteiger charge is -2.21. The van der Waals surface area contributed by atoms with Crippen LogP contribution in [0.5, 0.6) is 0 Å². The van der Waals surface area contributed by atoms with Crippen LogP contribution in [-0.4, -0.2) is 14.8 Å². The Hall–Kier alpha value is -1.96. The van der Waals surface area contributed by atoms with Crippen LogP contribution in [0.4, 0.5) is 0 Å². The first-order valence-electron chi connectivity index (χ1n) is 7.08. The van der Waals surface area contributed by atoms with Crippen LogP contribution in [0, 0.1) is 17.2 Å². The molecule has 1 atom stereocenters. The summed E-state index contributed by atoms with van der Waals surface area (Å²) in [5.74, 6) is 0.0386. The maximum Gasteiger partial charge on any atom is 0.0835 e. The van der Waals surface area contributed by atoms with Crippen molar-refractivity contribution < 1.29 is 0 Å². The fourth-order valence-electron chi connectivity index (χ4n) is 3.33. The molecule has 110 valence electrons. The van der Waals surface area contributed by atoms with E-state index in [0.29, 0.717) is 10.0 Å². The third-order valence-corrected chi connectivity index (χ3v) is 5.13. The predicted octanol–water partition coefficient (Wildman–Crippen LogP) is 4.42. The minimum atomic E-state index is 0.0386. The topological polar surface area (TPSA) is 57.4 Å². The fourth-order valence-corrected chi connectivity index (χ4v) is 3.75. The number of hydrogen-bond acceptors (Lipinski definition) is 2. The van der Waals surface area contributed by atoms with Gasteiger partial charge in [-0.3, -0.25) is 5.10 Å². The van der Waals surface area contributed by atoms with Gasteiger partial charge in [0.15, 0.2) is 0 Å². The minimum Gasteiger partial charge on any atom is -0.343 e. The molecule has 1 aliphatic rings. The molecule has 0 saturated carbocycles. The Balaban J connectivity index is 2.10. The Bertz CT molecular complexity index is 903. The van der Waals surface area contributed by atoms with Crippen LogP contribution in [-0.2, 0) is 13.0 Å². The molecule has 4 rings (SSSR count). The van der Waals surface area contributed by atoms with Crippen LogP contribution >= 0.6 is 23.2 Å². The van der Waals surface area contributed by atoms with Crippen molar-refractivity contribution in [3.8, 4) is 17.2 Å². The number of fused-ring (bicyclic) bond motifs is 3. The lowest BCUT2D eigenvalue weighted by Crippen LogP contribution is -2.18. The zero-order chi connectivity index (χ0) is 15.3. The van der Waals surface area contributed by atoms with E-state index in [2.05, 4.69) is 20.8 Å². The van der Waals surface area contributed by atoms with Crippen LogP contribution in [0.15, 0.2) is 24.5 Å². The Morgan fingerprint density at radius 1 is 1.36 bits per heavy atom. The maximum atomic E-state index is 9.29. The van der Waals surface area contributed by atoms with Crippen LogP contribution in [0.3, 0.4) is 0 Å². The molecule has 1 aromatic carbocycles. The van der Waals surface area contributed by atoms with Crippen molar-refractivity contribution in [3.63, 3.8) is 0 Å². The number of aromatic amines is 1. The van der Waals surface area contributed by atoms with E-state index in [1.807, 2.05) is 18.3 Å². The molecule has 0 radical (unpaired) electrons. The molecule has 0 amide bonds. The third kappa shape index (κ3) is 1.86. The standard InChI is InChI=1S/C16H12Cl2N4/c17-12-2-1-11-14(10-7-20-21-8-10)13-5-9(6-19)3-4-22(13)16(11)15(12)18/h1-2,7-9H,3-5H2,(H,20,21). The van der Waals surface area contributed by atoms with Crippen LogP contribution in [0.2, 0.25) is 10.0 Å². The number of nitriles is 1. The van der Waals surface area contributed by atoms with Gasteiger partial charge in [-0.25, -0.2) is 0 Å². The average Bonchev–Trinajstić information content (AvgIpc) is 3.15. The molecule has 1 N–H and O–H groups in total. The van der Waals surface area contributed by atoms with Gasteiger partial charge in [0.1, 0.15) is 0 Å². The quantitative estimate of drug-likeness (QED) is 0.717. The van der Waals surface area contributed by atoms with Gasteiger partial charge in [-0.2, -0.15) is 10.4 Å². The van der Waals surface area contributed by atoms with Gasteiger partial charge in [-0.15, -0.1) is 0 Å². The second-order valence-electron chi connectivity index (χ2n) is 5.54. The summed E-state index contributed by atoms with van der Waals surface area (Å²) in [7, 11) is 0. The predicted molar refractivity (Wildman–Crippen MR) is 87.0 cm³/mol. The zero-order valence-corrected chi connectivity index (χ0v) is 13.1. The minimum absolute atomic E-state index is 0.0386. The normalized spacial score (nSPS) is 17.4. The molecular weight excluding hydrogens is 319 g/mol. The van der Waals surface area contributed by atoms with Gasteiger partial charge >= 0.3 is 0 Å². The summed E-state index contributed by atoms with van der Waals surface area (Å²) in [5.41, 5.74) is 4.20. The highest BCUT2D eigenvalue weighted by atomic mass is 35.5. The van der Waals surface area contributed by atoms with Crippen molar-refractivity contribution >= 4 is 34.1 Å². The molecule has 0 bridgehead atoms. The van der Waals surface area contributed by atoms with Gasteiger partial charge in [0.2, 0.25) is 0 Å². The number of hydrogen-bond donors (Lipinski definition) is 1. The molecule has 0 saturated heterocycles. The van der Waals surface area contributed by atoms with E-state index < -0.39 is 0 Å². The van der Waals surface area contributed by atoms with E-state index in [-0.39, 0.29) is 5.92 Å². The number of halogens is 2. The molecule has 1 unspecified atom stereocenters. The van der Waals surface area contributed by atoms with Gasteiger partial charge < -0.3 is 4.57 Å². The van der Waals surface area contributed by atoms with Crippen LogP contribution < -0.4 is 0 Å². The van der Waals surface area contributed by atoms with E-state index in [0.717, 1.165) is 47.1 Å². The van der Waals surface area contributed by atoms with E-state index in [1.54, 1.807) is 6.20 Å². The average molecular weight is 331 g/mol. The highest BCUT2D eigenvalue weighted by Gasteiger charge is 2.27. The molecular formula is C16H12Cl2N4. The lowest BCUT2D eigenvalue weighted by molar-refractivity contribution is 0.468. The summed E-state index contributed by atoms with van der Waals surface area (Å²) >= 11 is 12.7. The second kappa shape index (κ2) is 5.05. The highest BCUT2D eigenvalue weighted by molar-refractivity contribution is 6.45. The molecule has 0 spiro atoms. The Morgan fingerprint density at radius 2 is 2.23 bits per heavy atom. The zero-order valence-electron chi connectivity index (χ0n) is 11.6. The first-order chi connectivity index (χ1) is 10.7. The van der Waals surface area contributed by atoms with E-state index >= 15 is 0 Å². The summed E-state index contributed by atoms with van der Waals surface area (Å²) in [6, 6.07) is 6.21. The van der Waals surface area contributed by atoms with Crippen LogP contribution in [0.25, 0.3) is 22.0 Å². The van der Waals surface area contributed by atoms with Crippen molar-refractivity contribution in [1.29, 1.82) is 5.26 Å². The molecule has 6 heteroatoms. The molecule has 22 heavy (non-hydrogen) atoms. The number of H-pyrrole nitrogens is 1. The Labute approximate surface area is 137 Å². The van der Waals surface area contributed by atoms with Crippen molar-refractivity contribution in [1.82, 2.24) is 14.8 Å². The summed E-state index contributed by atoms with van der Waals surface area (Å²) < 4.78 is 2.21. The molecule has 2 aromatic heterocycles. The number of rotatable bonds is 1. The number of benzene rings is 1. The van der Waals surface area contributed by atoms with Crippen LogP contribution in [0.1, 0.15) is 12.1 Å². The smallest absolute Gasteiger partial charge is 0.0835 e. The monoisotopic (exact) mass is 330 g/mol. The van der Waals surface area contributed by atoms with E-state index in [9.17, 15) is 5.26 Å². The Kier molecular flexibility index (Phi) is 3.14. The SMILES string of the molecule is N#CC1CCn2c(c(-c3cn[nH]c3)c3ccc(Cl)c(Cl)c32)C1. The lowest BCUT2D eigenvalue weighted by atomic mass is 9.94. The molecule has 3 heterocycles. The summed E-state index contributed by atoms with van der Waals surface area (Å²) in [5, 5.41) is 18.4. The van der Waals surface area contributed by atoms with Crippen molar-refractivity contribution in [3.05, 3.63) is 40.3 Å². The third-order valence-electron chi connectivity index (χ3n) is 4.33. The van der Waals surface area contributed by atoms with E-state index in [1.165, 1.54) is 0 Å². The molecule has 0 fully saturated rings. The van der Waals surface area contributed by atoms with Gasteiger partial charge in [-0.05, 0) is 12.5 Å². The second-order valence-corrected chi connectivity index (χ2v) is 6.32. The largest absolute Gasteiger partial charge is 0.343 e. The fraction of sp³-hybridized carbons (Fsp3) is 0.250. The van der Waals surface area contributed by atoms with Crippen molar-refractivity contribution in [2.75, 3.05) is 0 Å². The summed E-state index contributed by atoms with van der Waals surface area (Å²) in [6.45, 7) is 0.780. The summed E-state index contributed by atoms with van der Waals surface area (Å²) in [4.78, 5) is 0. The highest BCUT2D eigenvalue weighted by Crippen LogP contribution is 2.43. The van der Waals surface area contributed by atoms with E-state index in [4.69, 9.17) is 23.2 Å². The number of nitrogens with zero attached hydrogens (tertiary/aromatic N) is 3. The first-order valence-corrected chi connectivity index (χ1v) is 7.84. The van der Waals surface area contributed by atoms with Gasteiger partial charge in [0.05, 0.1) is 33.7 Å². The molecule has 1 aliphatic heterocycles. The van der Waals surface area contributed by atoms with Gasteiger partial charge in [0, 0.05) is 41.4 Å². The molecule has 3 aromatic rings. The number of aromatic nitrogens is 3. The van der Waals surface area contributed by atoms with Crippen molar-refractivity contribution in [2.45, 2.75) is 19.4 Å². The summed E-state index contributed by atoms with van der Waals surface area (Å²) in [6.07, 6.45) is 5.23.